The van der Waals surface area contributed by atoms with Gasteiger partial charge in [0.05, 0.1) is 0 Å². The van der Waals surface area contributed by atoms with Gasteiger partial charge in [-0.3, -0.25) is 0 Å². The second-order valence-corrected chi connectivity index (χ2v) is 5.93. The van der Waals surface area contributed by atoms with Crippen molar-refractivity contribution in [3.8, 4) is 0 Å². The Morgan fingerprint density at radius 2 is 1.59 bits per heavy atom. The molecule has 0 fully saturated rings. The number of hydrogen-bond donors (Lipinski definition) is 0. The van der Waals surface area contributed by atoms with Gasteiger partial charge in [0.25, 0.3) is 0 Å². The molecule has 0 aliphatic rings. The fourth-order valence-corrected chi connectivity index (χ4v) is 2.16. The molecule has 0 nitrogen and oxygen atoms in total. The van der Waals surface area contributed by atoms with E-state index in [0.29, 0.717) is 0 Å². The van der Waals surface area contributed by atoms with Crippen LogP contribution in [0, 0.1) is 12.3 Å². The third-order valence-corrected chi connectivity index (χ3v) is 3.63. The minimum Gasteiger partial charge on any atom is -1.00 e. The Bertz CT molecular complexity index is 425. The number of rotatable bonds is 1. The zero-order valence-electron chi connectivity index (χ0n) is 14.6. The maximum absolute atomic E-state index is 3.36. The second kappa shape index (κ2) is 23.0. The SMILES string of the molecule is C=CC=C.Cc1cccs1.[H-].[Li+].[Li+].[c-]1cccs1.c1ccsc1. The number of aryl methyl sites for hydroxylation is 1. The topological polar surface area (TPSA) is 0 Å². The molecule has 3 aromatic rings. The molecule has 3 rings (SSSR count). The standard InChI is InChI=1S/C5H6S.C4H4S.C4H3S.C4H6.2Li.H/c1-5-3-2-4-6-5;2*1-2-4-5-3-1;1-3-4-2;;;/h2-4H,1H3;1-4H;1-3H;3-4H,1-2H2;;;/q;;-1;;2*+1;-1. The van der Waals surface area contributed by atoms with Gasteiger partial charge in [0.1, 0.15) is 0 Å². The fraction of sp³-hybridized carbons (Fsp3) is 0.0588. The van der Waals surface area contributed by atoms with Gasteiger partial charge in [0.15, 0.2) is 0 Å². The summed E-state index contributed by atoms with van der Waals surface area (Å²) < 4.78 is 0. The molecular weight excluding hydrogens is 314 g/mol. The maximum atomic E-state index is 3.36. The molecule has 3 heterocycles. The zero-order chi connectivity index (χ0) is 14.9. The summed E-state index contributed by atoms with van der Waals surface area (Å²) in [5.74, 6) is 0. The van der Waals surface area contributed by atoms with Crippen molar-refractivity contribution in [3.05, 3.63) is 93.5 Å². The molecule has 22 heavy (non-hydrogen) atoms. The van der Waals surface area contributed by atoms with Crippen molar-refractivity contribution in [3.63, 3.8) is 0 Å². The number of hydrogen-bond acceptors (Lipinski definition) is 3. The molecule has 0 saturated carbocycles. The molecule has 0 aliphatic heterocycles. The van der Waals surface area contributed by atoms with Crippen LogP contribution in [0.3, 0.4) is 0 Å². The van der Waals surface area contributed by atoms with Crippen LogP contribution in [0.25, 0.3) is 0 Å². The van der Waals surface area contributed by atoms with Crippen molar-refractivity contribution in [2.24, 2.45) is 0 Å². The summed E-state index contributed by atoms with van der Waals surface area (Å²) in [7, 11) is 0. The molecule has 0 bridgehead atoms. The molecule has 5 heteroatoms. The molecule has 0 aliphatic carbocycles. The first-order chi connectivity index (χ1) is 9.81. The van der Waals surface area contributed by atoms with E-state index >= 15 is 0 Å². The Hall–Kier alpha value is -0.225. The predicted molar refractivity (Wildman–Crippen MR) is 98.0 cm³/mol. The van der Waals surface area contributed by atoms with Crippen molar-refractivity contribution in [1.82, 2.24) is 0 Å². The monoisotopic (exact) mass is 334 g/mol. The average molecular weight is 334 g/mol. The first-order valence-corrected chi connectivity index (χ1v) is 8.61. The van der Waals surface area contributed by atoms with Crippen LogP contribution in [0.4, 0.5) is 0 Å². The van der Waals surface area contributed by atoms with Gasteiger partial charge in [-0.2, -0.15) is 22.8 Å². The summed E-state index contributed by atoms with van der Waals surface area (Å²) in [6, 6.07) is 12.1. The van der Waals surface area contributed by atoms with Gasteiger partial charge in [0, 0.05) is 4.88 Å². The smallest absolute Gasteiger partial charge is 1.00 e. The Morgan fingerprint density at radius 1 is 0.955 bits per heavy atom. The molecule has 0 N–H and O–H groups in total. The largest absolute Gasteiger partial charge is 1.00 e. The first kappa shape index (κ1) is 26.7. The Balaban J connectivity index is -0.000000101. The van der Waals surface area contributed by atoms with Crippen LogP contribution >= 0.6 is 34.0 Å². The number of thiophene rings is 3. The molecule has 0 saturated heterocycles. The predicted octanol–water partition coefficient (Wildman–Crippen LogP) is 0.832. The number of allylic oxidation sites excluding steroid dienone is 2. The third kappa shape index (κ3) is 22.1. The third-order valence-electron chi connectivity index (χ3n) is 1.63. The van der Waals surface area contributed by atoms with Gasteiger partial charge in [0.2, 0.25) is 0 Å². The van der Waals surface area contributed by atoms with Crippen LogP contribution in [0.1, 0.15) is 6.30 Å². The van der Waals surface area contributed by atoms with Crippen LogP contribution in [0.15, 0.2) is 83.2 Å². The molecule has 0 amide bonds. The van der Waals surface area contributed by atoms with E-state index in [2.05, 4.69) is 43.0 Å². The fourth-order valence-electron chi connectivity index (χ4n) is 0.784. The molecule has 108 valence electrons. The van der Waals surface area contributed by atoms with E-state index in [1.54, 1.807) is 46.2 Å². The first-order valence-electron chi connectivity index (χ1n) is 5.91. The summed E-state index contributed by atoms with van der Waals surface area (Å²) in [6.45, 7) is 8.82. The second-order valence-electron chi connectivity index (χ2n) is 3.22. The van der Waals surface area contributed by atoms with Crippen molar-refractivity contribution >= 4 is 34.0 Å². The minimum absolute atomic E-state index is 0. The average Bonchev–Trinajstić information content (AvgIpc) is 3.22. The summed E-state index contributed by atoms with van der Waals surface area (Å²) in [5, 5.41) is 11.1. The summed E-state index contributed by atoms with van der Waals surface area (Å²) >= 11 is 5.08. The Labute approximate surface area is 172 Å². The summed E-state index contributed by atoms with van der Waals surface area (Å²) in [4.78, 5) is 1.38. The van der Waals surface area contributed by atoms with Crippen LogP contribution in [0.5, 0.6) is 0 Å². The van der Waals surface area contributed by atoms with Gasteiger partial charge in [-0.05, 0) is 29.1 Å². The van der Waals surface area contributed by atoms with Crippen LogP contribution in [-0.2, 0) is 0 Å². The van der Waals surface area contributed by atoms with Gasteiger partial charge in [-0.15, -0.1) is 16.7 Å². The van der Waals surface area contributed by atoms with Gasteiger partial charge >= 0.3 is 37.7 Å². The van der Waals surface area contributed by atoms with Crippen molar-refractivity contribution in [1.29, 1.82) is 0 Å². The van der Waals surface area contributed by atoms with Crippen LogP contribution < -0.4 is 37.7 Å². The molecule has 3 aromatic heterocycles. The van der Waals surface area contributed by atoms with Crippen molar-refractivity contribution in [2.45, 2.75) is 6.92 Å². The Kier molecular flexibility index (Phi) is 27.9. The van der Waals surface area contributed by atoms with Crippen molar-refractivity contribution < 1.29 is 39.1 Å². The van der Waals surface area contributed by atoms with E-state index in [1.807, 2.05) is 40.4 Å². The van der Waals surface area contributed by atoms with E-state index in [9.17, 15) is 0 Å². The van der Waals surface area contributed by atoms with Crippen LogP contribution in [0.2, 0.25) is 0 Å². The quantitative estimate of drug-likeness (QED) is 0.351. The van der Waals surface area contributed by atoms with Gasteiger partial charge in [-0.25, -0.2) is 6.07 Å². The van der Waals surface area contributed by atoms with E-state index in [1.165, 1.54) is 4.88 Å². The van der Waals surface area contributed by atoms with E-state index in [-0.39, 0.29) is 39.1 Å². The normalized spacial score (nSPS) is 6.95. The zero-order valence-corrected chi connectivity index (χ0v) is 16.0. The summed E-state index contributed by atoms with van der Waals surface area (Å²) in [6.07, 6.45) is 3.28. The molecule has 0 spiro atoms. The van der Waals surface area contributed by atoms with E-state index in [0.717, 1.165) is 0 Å². The van der Waals surface area contributed by atoms with Crippen molar-refractivity contribution in [2.75, 3.05) is 0 Å². The minimum atomic E-state index is 0. The van der Waals surface area contributed by atoms with Crippen LogP contribution in [-0.4, -0.2) is 0 Å². The maximum Gasteiger partial charge on any atom is 1.00 e. The van der Waals surface area contributed by atoms with E-state index in [4.69, 9.17) is 0 Å². The Morgan fingerprint density at radius 3 is 1.73 bits per heavy atom. The molecule has 0 atom stereocenters. The summed E-state index contributed by atoms with van der Waals surface area (Å²) in [5.41, 5.74) is 0. The van der Waals surface area contributed by atoms with E-state index < -0.39 is 0 Å². The molecule has 0 aromatic carbocycles. The molecule has 0 radical (unpaired) electrons. The van der Waals surface area contributed by atoms with Gasteiger partial charge < -0.3 is 12.8 Å². The molecular formula is C17H20Li2S3. The van der Waals surface area contributed by atoms with Gasteiger partial charge in [-0.1, -0.05) is 43.5 Å². The molecule has 0 unspecified atom stereocenters.